The van der Waals surface area contributed by atoms with E-state index in [2.05, 4.69) is 69.0 Å². The molecule has 0 radical (unpaired) electrons. The van der Waals surface area contributed by atoms with Crippen LogP contribution in [0.4, 0.5) is 41.9 Å². The van der Waals surface area contributed by atoms with Gasteiger partial charge in [0.05, 0.1) is 87.0 Å². The predicted octanol–water partition coefficient (Wildman–Crippen LogP) is 21.3. The molecule has 4 saturated heterocycles. The number of aromatic nitrogens is 2. The van der Waals surface area contributed by atoms with Crippen molar-refractivity contribution in [3.63, 3.8) is 0 Å². The molecule has 8 aromatic carbocycles. The Morgan fingerprint density at radius 1 is 0.489 bits per heavy atom. The van der Waals surface area contributed by atoms with Gasteiger partial charge in [-0.05, 0) is 303 Å². The number of carbonyl (C=O) groups excluding carboxylic acids is 4. The van der Waals surface area contributed by atoms with E-state index < -0.39 is 28.2 Å². The third-order valence-electron chi connectivity index (χ3n) is 20.4. The fourth-order valence-electron chi connectivity index (χ4n) is 14.2. The number of hydrogen-bond donors (Lipinski definition) is 9. The van der Waals surface area contributed by atoms with Crippen molar-refractivity contribution in [3.05, 3.63) is 209 Å². The average Bonchev–Trinajstić information content (AvgIpc) is 1.29. The number of benzene rings is 8. The molecule has 4 atom stereocenters. The second kappa shape index (κ2) is 58.8. The van der Waals surface area contributed by atoms with E-state index in [9.17, 15) is 29.2 Å². The van der Waals surface area contributed by atoms with Crippen LogP contribution < -0.4 is 76.5 Å². The second-order valence-corrected chi connectivity index (χ2v) is 35.7. The summed E-state index contributed by atoms with van der Waals surface area (Å²) in [5, 5.41) is 57.8. The van der Waals surface area contributed by atoms with Crippen molar-refractivity contribution in [2.75, 3.05) is 107 Å². The number of aromatic amines is 1. The number of ether oxygens (including phenoxy) is 12. The summed E-state index contributed by atoms with van der Waals surface area (Å²) in [7, 11) is 6.44. The van der Waals surface area contributed by atoms with Gasteiger partial charge in [-0.2, -0.15) is 5.26 Å². The number of nitrogens with two attached hydrogens (primary N) is 2. The number of halogens is 3. The van der Waals surface area contributed by atoms with E-state index in [1.807, 2.05) is 189 Å². The van der Waals surface area contributed by atoms with Gasteiger partial charge in [-0.3, -0.25) is 9.51 Å². The monoisotopic (exact) mass is 2170 g/mol. The molecule has 746 valence electrons. The molecular weight excluding hydrogens is 2040 g/mol. The summed E-state index contributed by atoms with van der Waals surface area (Å²) in [5.41, 5.74) is 8.38. The Kier molecular flexibility index (Phi) is 49.3. The number of carbonyl (C=O) groups is 4. The van der Waals surface area contributed by atoms with E-state index in [4.69, 9.17) is 98.0 Å². The molecule has 4 aliphatic heterocycles. The molecule has 9 aromatic rings. The minimum Gasteiger partial charge on any atom is -0.512 e. The van der Waals surface area contributed by atoms with Crippen molar-refractivity contribution in [1.82, 2.24) is 29.7 Å². The summed E-state index contributed by atoms with van der Waals surface area (Å²) >= 11 is 5.46. The van der Waals surface area contributed by atoms with Gasteiger partial charge in [0.25, 0.3) is 0 Å². The fourth-order valence-corrected chi connectivity index (χ4v) is 14.5. The number of nitrogens with zero attached hydrogens (tertiary/aromatic N) is 9. The number of methoxy groups -OCH3 is 4. The van der Waals surface area contributed by atoms with E-state index in [-0.39, 0.29) is 86.3 Å². The zero-order valence-electron chi connectivity index (χ0n) is 82.3. The largest absolute Gasteiger partial charge is 2.00 e. The average molecular weight is 2170 g/mol. The number of hydrogen-bond acceptors (Lipinski definition) is 30. The normalized spacial score (nSPS) is 15.1. The number of likely N-dealkylation sites (tertiary alicyclic amines) is 4. The number of nitrogens with one attached hydrogen (secondary N) is 5. The van der Waals surface area contributed by atoms with Crippen molar-refractivity contribution in [1.29, 1.82) is 15.8 Å². The summed E-state index contributed by atoms with van der Waals surface area (Å²) in [6, 6.07) is 53.1. The Morgan fingerprint density at radius 3 is 1.04 bits per heavy atom. The standard InChI is InChI=1S/C25H30N4O6.C24H32N4O5.C24H29N3O4.C23H29BrN2O4.CH3I.2CN.ClH.H3NO.Zn/c1-25(2,3)34-24(31)29-13-5-6-17(29)15-26-20-12-7-16(22-27-23(30)35-28-22)14-21(20)33-19-10-8-18(32-4)9-11-19;1-24(2,3)33-23(29)28-13-5-6-17(28)15-26-20-12-7-16(22(25)27-30)14-21(20)32-19-10-8-18(31-4)9-11-19;1-24(2,3)31-23(28)27-13-5-6-18(27)16-26-21-12-7-17(15-25)14-22(21)30-20-10-8-19(29-4)9-11-20;1-23(2,3)30-22(27)26-13-5-6-17(26)15-25-20-12-7-16(24)14-21(20)29-19-10-8-18(28-4)9-11-19;3*1-2;;1-2;/h7-12,14,17,26H,5-6,13,15H2,1-4H3,(H,27,28,30);7-12,14,17,26,30H,5-6,13,15H2,1-4H3,(H2,25,27);7-12,14,18,26H,5-6,13,16H2,1-4H3;7-12,14,17,25H,5-6,13,15H2,1-4H3;1H3;;;1H;2H,1H2;/q;;;;;2*-1;;;+2/t2*17-;18-;17-;;;;;;/m0000....../s1/i;;;;1D;;;;;. The Balaban J connectivity index is 0.000000377. The molecule has 0 bridgehead atoms. The van der Waals surface area contributed by atoms with Crippen LogP contribution in [-0.2, 0) is 38.4 Å². The Hall–Kier alpha value is -12.8. The van der Waals surface area contributed by atoms with Gasteiger partial charge in [-0.1, -0.05) is 48.8 Å². The molecule has 13 rings (SSSR count). The van der Waals surface area contributed by atoms with Crippen molar-refractivity contribution in [2.45, 2.75) is 181 Å². The van der Waals surface area contributed by atoms with Crippen molar-refractivity contribution >= 4 is 104 Å². The van der Waals surface area contributed by atoms with E-state index >= 15 is 0 Å². The molecule has 4 aliphatic rings. The van der Waals surface area contributed by atoms with Gasteiger partial charge < -0.3 is 138 Å². The number of amides is 4. The number of rotatable bonds is 26. The van der Waals surface area contributed by atoms with Crippen LogP contribution in [0.3, 0.4) is 0 Å². The molecule has 0 spiro atoms. The minimum absolute atomic E-state index is 0. The summed E-state index contributed by atoms with van der Waals surface area (Å²) in [5.74, 6) is 10.9. The zero-order chi connectivity index (χ0) is 102. The molecule has 4 fully saturated rings. The van der Waals surface area contributed by atoms with Crippen molar-refractivity contribution in [2.24, 2.45) is 16.8 Å². The molecule has 40 heteroatoms. The minimum atomic E-state index is -0.636. The van der Waals surface area contributed by atoms with Gasteiger partial charge in [-0.15, -0.1) is 12.4 Å². The van der Waals surface area contributed by atoms with Crippen LogP contribution in [0.1, 0.15) is 147 Å². The van der Waals surface area contributed by atoms with E-state index in [0.717, 1.165) is 102 Å². The van der Waals surface area contributed by atoms with Gasteiger partial charge in [-0.25, -0.2) is 29.9 Å². The number of oxime groups is 1. The van der Waals surface area contributed by atoms with E-state index in [1.165, 1.54) is 0 Å². The Bertz CT molecular complexity index is 5480. The molecular formula is C99H127BrClIN16O20Zn. The van der Waals surface area contributed by atoms with Gasteiger partial charge in [0.1, 0.15) is 68.4 Å². The summed E-state index contributed by atoms with van der Waals surface area (Å²) in [4.78, 5) is 71.9. The smallest absolute Gasteiger partial charge is 0.512 e. The van der Waals surface area contributed by atoms with Crippen LogP contribution in [0.25, 0.3) is 11.4 Å². The molecule has 139 heavy (non-hydrogen) atoms. The van der Waals surface area contributed by atoms with Crippen LogP contribution in [0.15, 0.2) is 189 Å². The SMILES string of the molecule is COc1ccc(Oc2cc(-c3noc(=O)[nH]3)ccc2NC[C@@H]2CCCN2C(=O)OC(C)(C)C)cc1.COc1ccc(Oc2cc(/C(N)=N/O)ccc2NC[C@@H]2CCCN2C(=O)OC(C)(C)C)cc1.COc1ccc(Oc2cc(Br)ccc2NC[C@@H]2CCCN2C(=O)OC(C)(C)C)cc1.COc1ccc(Oc2cc(C#N)ccc2NC[C@@H]2CCCN2C(=O)OC(C)(C)C)cc1.Cl.NO.[2H]CI.[C-]#N.[C-]#N.[Zn+2]. The molecule has 5 heterocycles. The summed E-state index contributed by atoms with van der Waals surface area (Å²) < 4.78 is 79.1. The maximum Gasteiger partial charge on any atom is 2.00 e. The first-order chi connectivity index (χ1) is 65.9. The third-order valence-corrected chi connectivity index (χ3v) is 20.9. The van der Waals surface area contributed by atoms with Gasteiger partial charge >= 0.3 is 49.6 Å². The van der Waals surface area contributed by atoms with Gasteiger partial charge in [0.15, 0.2) is 34.7 Å². The first-order valence-corrected chi connectivity index (χ1v) is 46.1. The predicted molar refractivity (Wildman–Crippen MR) is 540 cm³/mol. The van der Waals surface area contributed by atoms with Crippen LogP contribution in [0, 0.1) is 35.0 Å². The fraction of sp³-hybridized carbons (Fsp3) is 0.414. The van der Waals surface area contributed by atoms with Gasteiger partial charge in [0.2, 0.25) is 0 Å². The molecule has 1 aromatic heterocycles. The second-order valence-electron chi connectivity index (χ2n) is 34.8. The summed E-state index contributed by atoms with van der Waals surface area (Å²) in [6.45, 7) is 36.9. The molecule has 36 nitrogen and oxygen atoms in total. The molecule has 4 amide bonds. The number of H-pyrrole nitrogens is 1. The first kappa shape index (κ1) is 117. The number of amidine groups is 1. The Labute approximate surface area is 855 Å². The van der Waals surface area contributed by atoms with E-state index in [0.29, 0.717) is 125 Å². The van der Waals surface area contributed by atoms with Crippen LogP contribution in [-0.4, -0.2) is 203 Å². The molecule has 0 saturated carbocycles. The number of alkyl halides is 1. The van der Waals surface area contributed by atoms with Crippen LogP contribution in [0.5, 0.6) is 69.0 Å². The quantitative estimate of drug-likeness (QED) is 0.00280. The summed E-state index contributed by atoms with van der Waals surface area (Å²) in [6.07, 6.45) is 6.20. The number of anilines is 4. The topological polar surface area (TPSA) is 475 Å². The zero-order valence-corrected chi connectivity index (χ0v) is 88.8. The van der Waals surface area contributed by atoms with Crippen molar-refractivity contribution in [3.8, 4) is 86.5 Å². The van der Waals surface area contributed by atoms with Crippen LogP contribution in [0.2, 0.25) is 0 Å². The maximum atomic E-state index is 12.6. The molecule has 0 unspecified atom stereocenters. The first-order valence-electron chi connectivity index (χ1n) is 44.5. The van der Waals surface area contributed by atoms with E-state index in [1.54, 1.807) is 134 Å². The molecule has 0 aliphatic carbocycles. The van der Waals surface area contributed by atoms with Gasteiger partial charge in [0, 0.05) is 75.4 Å². The molecule has 11 N–H and O–H groups in total. The van der Waals surface area contributed by atoms with Crippen molar-refractivity contribution < 1.29 is 112 Å². The third kappa shape index (κ3) is 39.2. The number of nitriles is 1. The maximum absolute atomic E-state index is 12.6. The Morgan fingerprint density at radius 2 is 0.763 bits per heavy atom. The van der Waals surface area contributed by atoms with Crippen LogP contribution >= 0.6 is 50.9 Å².